The molecular weight excluding hydrogens is 522 g/mol. The van der Waals surface area contributed by atoms with E-state index in [0.717, 1.165) is 31.6 Å². The molecule has 0 aliphatic carbocycles. The van der Waals surface area contributed by atoms with E-state index in [4.69, 9.17) is 0 Å². The van der Waals surface area contributed by atoms with Crippen molar-refractivity contribution in [3.63, 3.8) is 0 Å². The molecule has 38 heavy (non-hydrogen) atoms. The third-order valence-electron chi connectivity index (χ3n) is 5.88. The minimum atomic E-state index is -0.500. The predicted octanol–water partition coefficient (Wildman–Crippen LogP) is 5.63. The van der Waals surface area contributed by atoms with Gasteiger partial charge in [0.1, 0.15) is 0 Å². The summed E-state index contributed by atoms with van der Waals surface area (Å²) < 4.78 is 3.08. The Hall–Kier alpha value is -4.22. The summed E-state index contributed by atoms with van der Waals surface area (Å²) in [6.45, 7) is 2.92. The van der Waals surface area contributed by atoms with Gasteiger partial charge in [-0.2, -0.15) is 0 Å². The summed E-state index contributed by atoms with van der Waals surface area (Å²) in [6, 6.07) is 19.4. The maximum atomic E-state index is 12.7. The fourth-order valence-electron chi connectivity index (χ4n) is 4.02. The number of aromatic nitrogens is 2. The van der Waals surface area contributed by atoms with E-state index in [2.05, 4.69) is 21.7 Å². The number of para-hydroxylation sites is 1. The zero-order valence-corrected chi connectivity index (χ0v) is 22.0. The van der Waals surface area contributed by atoms with Crippen LogP contribution < -0.4 is 10.6 Å². The van der Waals surface area contributed by atoms with E-state index in [1.165, 1.54) is 47.4 Å². The summed E-state index contributed by atoms with van der Waals surface area (Å²) in [5.41, 5.74) is 3.32. The molecule has 0 saturated carbocycles. The summed E-state index contributed by atoms with van der Waals surface area (Å²) in [6.07, 6.45) is 1.99. The van der Waals surface area contributed by atoms with Crippen molar-refractivity contribution in [2.24, 2.45) is 0 Å². The van der Waals surface area contributed by atoms with Crippen LogP contribution in [0.25, 0.3) is 21.1 Å². The predicted molar refractivity (Wildman–Crippen MR) is 151 cm³/mol. The number of carbonyl (C=O) groups is 2. The van der Waals surface area contributed by atoms with Gasteiger partial charge in [0.25, 0.3) is 11.6 Å². The Balaban J connectivity index is 1.20. The van der Waals surface area contributed by atoms with Gasteiger partial charge < -0.3 is 15.2 Å². The number of amides is 2. The number of nitro groups is 1. The first-order chi connectivity index (χ1) is 18.4. The largest absolute Gasteiger partial charge is 0.350 e. The number of non-ortho nitro benzene ring substituents is 1. The first-order valence-electron chi connectivity index (χ1n) is 11.8. The molecule has 0 saturated heterocycles. The molecule has 0 atom stereocenters. The van der Waals surface area contributed by atoms with Crippen molar-refractivity contribution >= 4 is 66.9 Å². The van der Waals surface area contributed by atoms with Crippen LogP contribution in [-0.4, -0.2) is 38.6 Å². The van der Waals surface area contributed by atoms with E-state index in [9.17, 15) is 19.7 Å². The zero-order chi connectivity index (χ0) is 26.6. The number of hydrogen-bond acceptors (Lipinski definition) is 7. The molecule has 0 fully saturated rings. The van der Waals surface area contributed by atoms with Gasteiger partial charge in [-0.15, -0.1) is 11.8 Å². The standard InChI is InChI=1S/C27H23N5O4S2/c1-17-6-11-21-23(14-17)38-27(29-21)30-25(33)16-37-24-15-31(22-5-3-2-4-20(22)24)13-12-28-26(34)18-7-9-19(10-8-18)32(35)36/h2-11,14-15H,12-13,16H2,1H3,(H,28,34)(H,29,30,33). The van der Waals surface area contributed by atoms with Crippen molar-refractivity contribution in [2.75, 3.05) is 17.6 Å². The fourth-order valence-corrected chi connectivity index (χ4v) is 5.89. The monoisotopic (exact) mass is 545 g/mol. The highest BCUT2D eigenvalue weighted by Crippen LogP contribution is 2.31. The number of carbonyl (C=O) groups excluding carboxylic acids is 2. The molecule has 0 unspecified atom stereocenters. The van der Waals surface area contributed by atoms with E-state index in [0.29, 0.717) is 23.8 Å². The van der Waals surface area contributed by atoms with E-state index < -0.39 is 4.92 Å². The second-order valence-electron chi connectivity index (χ2n) is 8.59. The number of benzene rings is 3. The number of thiazole rings is 1. The lowest BCUT2D eigenvalue weighted by Gasteiger charge is -2.07. The molecule has 5 aromatic rings. The van der Waals surface area contributed by atoms with Gasteiger partial charge in [-0.25, -0.2) is 4.98 Å². The van der Waals surface area contributed by atoms with Gasteiger partial charge in [-0.05, 0) is 42.8 Å². The van der Waals surface area contributed by atoms with Crippen LogP contribution in [0.2, 0.25) is 0 Å². The van der Waals surface area contributed by atoms with E-state index >= 15 is 0 Å². The van der Waals surface area contributed by atoms with E-state index in [1.807, 2.05) is 54.1 Å². The lowest BCUT2D eigenvalue weighted by Crippen LogP contribution is -2.27. The highest BCUT2D eigenvalue weighted by molar-refractivity contribution is 8.00. The molecule has 2 heterocycles. The maximum absolute atomic E-state index is 12.7. The SMILES string of the molecule is Cc1ccc2nc(NC(=O)CSc3cn(CCNC(=O)c4ccc([N+](=O)[O-])cc4)c4ccccc34)sc2c1. The molecule has 0 radical (unpaired) electrons. The van der Waals surface area contributed by atoms with Crippen LogP contribution in [-0.2, 0) is 11.3 Å². The molecule has 9 nitrogen and oxygen atoms in total. The Labute approximate surface area is 226 Å². The van der Waals surface area contributed by atoms with Gasteiger partial charge in [0.15, 0.2) is 5.13 Å². The van der Waals surface area contributed by atoms with Crippen molar-refractivity contribution in [1.29, 1.82) is 0 Å². The van der Waals surface area contributed by atoms with Crippen LogP contribution >= 0.6 is 23.1 Å². The normalized spacial score (nSPS) is 11.1. The third kappa shape index (κ3) is 5.68. The van der Waals surface area contributed by atoms with Gasteiger partial charge in [0.05, 0.1) is 20.9 Å². The molecule has 192 valence electrons. The van der Waals surface area contributed by atoms with Crippen LogP contribution in [0.4, 0.5) is 10.8 Å². The van der Waals surface area contributed by atoms with Gasteiger partial charge in [0, 0.05) is 52.8 Å². The van der Waals surface area contributed by atoms with Crippen LogP contribution in [0.15, 0.2) is 77.8 Å². The average molecular weight is 546 g/mol. The van der Waals surface area contributed by atoms with Gasteiger partial charge in [0.2, 0.25) is 5.91 Å². The van der Waals surface area contributed by atoms with Crippen LogP contribution in [0.5, 0.6) is 0 Å². The van der Waals surface area contributed by atoms with Crippen molar-refractivity contribution in [3.8, 4) is 0 Å². The highest BCUT2D eigenvalue weighted by Gasteiger charge is 2.14. The minimum absolute atomic E-state index is 0.0609. The Kier molecular flexibility index (Phi) is 7.38. The number of nitrogens with zero attached hydrogens (tertiary/aromatic N) is 3. The van der Waals surface area contributed by atoms with Crippen LogP contribution in [0, 0.1) is 17.0 Å². The molecule has 0 aliphatic heterocycles. The fraction of sp³-hybridized carbons (Fsp3) is 0.148. The molecular formula is C27H23N5O4S2. The van der Waals surface area contributed by atoms with Crippen molar-refractivity contribution in [2.45, 2.75) is 18.4 Å². The molecule has 5 rings (SSSR count). The van der Waals surface area contributed by atoms with Crippen molar-refractivity contribution in [1.82, 2.24) is 14.9 Å². The molecule has 0 bridgehead atoms. The van der Waals surface area contributed by atoms with Gasteiger partial charge in [-0.3, -0.25) is 19.7 Å². The minimum Gasteiger partial charge on any atom is -0.350 e. The number of nitrogens with one attached hydrogen (secondary N) is 2. The lowest BCUT2D eigenvalue weighted by atomic mass is 10.2. The topological polar surface area (TPSA) is 119 Å². The van der Waals surface area contributed by atoms with Crippen molar-refractivity contribution < 1.29 is 14.5 Å². The number of fused-ring (bicyclic) bond motifs is 2. The summed E-state index contributed by atoms with van der Waals surface area (Å²) >= 11 is 2.91. The average Bonchev–Trinajstić information content (AvgIpc) is 3.47. The smallest absolute Gasteiger partial charge is 0.269 e. The number of aryl methyl sites for hydroxylation is 1. The molecule has 2 aromatic heterocycles. The van der Waals surface area contributed by atoms with Crippen LogP contribution in [0.3, 0.4) is 0 Å². The highest BCUT2D eigenvalue weighted by atomic mass is 32.2. The summed E-state index contributed by atoms with van der Waals surface area (Å²) in [5, 5.41) is 18.2. The number of anilines is 1. The number of nitro benzene ring substituents is 1. The Morgan fingerprint density at radius 2 is 1.89 bits per heavy atom. The van der Waals surface area contributed by atoms with Crippen molar-refractivity contribution in [3.05, 3.63) is 94.2 Å². The third-order valence-corrected chi connectivity index (χ3v) is 7.86. The molecule has 2 N–H and O–H groups in total. The Bertz CT molecular complexity index is 1660. The number of rotatable bonds is 9. The lowest BCUT2D eigenvalue weighted by molar-refractivity contribution is -0.384. The summed E-state index contributed by atoms with van der Waals surface area (Å²) in [5.74, 6) is -0.189. The van der Waals surface area contributed by atoms with Gasteiger partial charge >= 0.3 is 0 Å². The quantitative estimate of drug-likeness (QED) is 0.141. The molecule has 0 aliphatic rings. The van der Waals surface area contributed by atoms with Gasteiger partial charge in [-0.1, -0.05) is 35.6 Å². The second-order valence-corrected chi connectivity index (χ2v) is 10.6. The molecule has 11 heteroatoms. The molecule has 0 spiro atoms. The van der Waals surface area contributed by atoms with E-state index in [1.54, 1.807) is 0 Å². The first-order valence-corrected chi connectivity index (χ1v) is 13.6. The molecule has 2 amide bonds. The first kappa shape index (κ1) is 25.4. The summed E-state index contributed by atoms with van der Waals surface area (Å²) in [4.78, 5) is 40.9. The number of hydrogen-bond donors (Lipinski definition) is 2. The van der Waals surface area contributed by atoms with E-state index in [-0.39, 0.29) is 23.3 Å². The zero-order valence-electron chi connectivity index (χ0n) is 20.3. The second kappa shape index (κ2) is 11.0. The molecule has 3 aromatic carbocycles. The van der Waals surface area contributed by atoms with Crippen LogP contribution in [0.1, 0.15) is 15.9 Å². The Morgan fingerprint density at radius 3 is 2.68 bits per heavy atom. The summed E-state index contributed by atoms with van der Waals surface area (Å²) in [7, 11) is 0. The number of thioether (sulfide) groups is 1. The maximum Gasteiger partial charge on any atom is 0.269 e. The Morgan fingerprint density at radius 1 is 1.11 bits per heavy atom.